The Balaban J connectivity index is 1.95. The molecule has 138 valence electrons. The highest BCUT2D eigenvalue weighted by atomic mass is 32.1. The molecule has 0 unspecified atom stereocenters. The molecule has 0 radical (unpaired) electrons. The summed E-state index contributed by atoms with van der Waals surface area (Å²) in [5, 5.41) is 19.6. The Morgan fingerprint density at radius 2 is 1.89 bits per heavy atom. The molecule has 1 heterocycles. The maximum absolute atomic E-state index is 13.9. The molecule has 0 bridgehead atoms. The van der Waals surface area contributed by atoms with Crippen LogP contribution in [0.1, 0.15) is 18.5 Å². The quantitative estimate of drug-likeness (QED) is 0.424. The molecule has 1 aliphatic heterocycles. The summed E-state index contributed by atoms with van der Waals surface area (Å²) in [7, 11) is 0. The summed E-state index contributed by atoms with van der Waals surface area (Å²) in [6, 6.07) is 11.0. The van der Waals surface area contributed by atoms with Crippen LogP contribution >= 0.6 is 12.2 Å². The molecular weight excluding hydrogens is 371 g/mol. The molecule has 1 aliphatic rings. The van der Waals surface area contributed by atoms with Gasteiger partial charge in [0.15, 0.2) is 5.11 Å². The maximum atomic E-state index is 13.9. The predicted molar refractivity (Wildman–Crippen MR) is 102 cm³/mol. The van der Waals surface area contributed by atoms with Gasteiger partial charge in [0.1, 0.15) is 5.82 Å². The fraction of sp³-hybridized carbons (Fsp3) is 0.111. The molecule has 0 fully saturated rings. The van der Waals surface area contributed by atoms with Gasteiger partial charge in [-0.1, -0.05) is 12.1 Å². The van der Waals surface area contributed by atoms with Crippen LogP contribution in [-0.4, -0.2) is 15.9 Å². The summed E-state index contributed by atoms with van der Waals surface area (Å²) in [5.74, 6) is -1.06. The summed E-state index contributed by atoms with van der Waals surface area (Å²) in [6.45, 7) is 1.68. The molecule has 0 saturated heterocycles. The molecule has 2 aromatic carbocycles. The highest BCUT2D eigenvalue weighted by Gasteiger charge is 2.30. The standard InChI is InChI=1S/C18H15FN4O3S/c1-10-15(17(24)21-14-5-3-2-4-13(14)19)16(22-18(27)20-10)11-6-8-12(9-7-11)23(25)26/h2-9,16H,1H3,(H,21,24)(H2,20,22,27)/t16-/m1/s1. The van der Waals surface area contributed by atoms with E-state index in [-0.39, 0.29) is 11.4 Å². The average Bonchev–Trinajstić information content (AvgIpc) is 2.63. The number of nitro groups is 1. The lowest BCUT2D eigenvalue weighted by Crippen LogP contribution is -2.45. The zero-order chi connectivity index (χ0) is 19.6. The number of hydrogen-bond acceptors (Lipinski definition) is 4. The van der Waals surface area contributed by atoms with Gasteiger partial charge in [0.2, 0.25) is 0 Å². The zero-order valence-corrected chi connectivity index (χ0v) is 15.0. The number of thiocarbonyl (C=S) groups is 1. The minimum Gasteiger partial charge on any atom is -0.351 e. The summed E-state index contributed by atoms with van der Waals surface area (Å²) in [4.78, 5) is 23.2. The molecular formula is C18H15FN4O3S. The Labute approximate surface area is 159 Å². The Morgan fingerprint density at radius 3 is 2.52 bits per heavy atom. The van der Waals surface area contributed by atoms with E-state index in [1.54, 1.807) is 25.1 Å². The number of carbonyl (C=O) groups excluding carboxylic acids is 1. The minimum absolute atomic E-state index is 0.0541. The third-order valence-corrected chi connectivity index (χ3v) is 4.29. The molecule has 3 rings (SSSR count). The summed E-state index contributed by atoms with van der Waals surface area (Å²) >= 11 is 5.16. The smallest absolute Gasteiger partial charge is 0.269 e. The second kappa shape index (κ2) is 7.50. The molecule has 0 spiro atoms. The Morgan fingerprint density at radius 1 is 1.22 bits per heavy atom. The van der Waals surface area contributed by atoms with Gasteiger partial charge in [-0.2, -0.15) is 0 Å². The number of para-hydroxylation sites is 1. The van der Waals surface area contributed by atoms with E-state index in [2.05, 4.69) is 16.0 Å². The van der Waals surface area contributed by atoms with E-state index in [4.69, 9.17) is 12.2 Å². The molecule has 1 amide bonds. The van der Waals surface area contributed by atoms with E-state index >= 15 is 0 Å². The first-order chi connectivity index (χ1) is 12.9. The van der Waals surface area contributed by atoms with Gasteiger partial charge < -0.3 is 16.0 Å². The normalized spacial score (nSPS) is 16.4. The molecule has 0 saturated carbocycles. The van der Waals surface area contributed by atoms with Gasteiger partial charge in [0.25, 0.3) is 11.6 Å². The van der Waals surface area contributed by atoms with Crippen molar-refractivity contribution in [2.45, 2.75) is 13.0 Å². The Hall–Kier alpha value is -3.33. The van der Waals surface area contributed by atoms with Gasteiger partial charge in [0.05, 0.1) is 22.2 Å². The highest BCUT2D eigenvalue weighted by molar-refractivity contribution is 7.80. The number of benzene rings is 2. The van der Waals surface area contributed by atoms with E-state index in [0.717, 1.165) is 0 Å². The van der Waals surface area contributed by atoms with Gasteiger partial charge >= 0.3 is 0 Å². The van der Waals surface area contributed by atoms with Crippen molar-refractivity contribution in [3.63, 3.8) is 0 Å². The van der Waals surface area contributed by atoms with E-state index in [1.807, 2.05) is 0 Å². The van der Waals surface area contributed by atoms with Crippen molar-refractivity contribution in [3.8, 4) is 0 Å². The predicted octanol–water partition coefficient (Wildman–Crippen LogP) is 3.17. The lowest BCUT2D eigenvalue weighted by Gasteiger charge is -2.30. The van der Waals surface area contributed by atoms with Crippen molar-refractivity contribution >= 4 is 34.6 Å². The molecule has 7 nitrogen and oxygen atoms in total. The van der Waals surface area contributed by atoms with Crippen molar-refractivity contribution in [2.24, 2.45) is 0 Å². The van der Waals surface area contributed by atoms with Gasteiger partial charge in [0, 0.05) is 17.8 Å². The summed E-state index contributed by atoms with van der Waals surface area (Å²) in [6.07, 6.45) is 0. The van der Waals surface area contributed by atoms with Crippen molar-refractivity contribution in [2.75, 3.05) is 5.32 Å². The summed E-state index contributed by atoms with van der Waals surface area (Å²) < 4.78 is 13.9. The number of allylic oxidation sites excluding steroid dienone is 1. The fourth-order valence-electron chi connectivity index (χ4n) is 2.79. The lowest BCUT2D eigenvalue weighted by molar-refractivity contribution is -0.384. The van der Waals surface area contributed by atoms with E-state index in [1.165, 1.54) is 30.3 Å². The Bertz CT molecular complexity index is 959. The zero-order valence-electron chi connectivity index (χ0n) is 14.2. The van der Waals surface area contributed by atoms with Crippen molar-refractivity contribution < 1.29 is 14.1 Å². The SMILES string of the molecule is CC1=C(C(=O)Nc2ccccc2F)[C@@H](c2ccc([N+](=O)[O-])cc2)NC(=S)N1. The number of anilines is 1. The molecule has 27 heavy (non-hydrogen) atoms. The molecule has 3 N–H and O–H groups in total. The number of amides is 1. The van der Waals surface area contributed by atoms with Crippen LogP contribution in [0.5, 0.6) is 0 Å². The fourth-order valence-corrected chi connectivity index (χ4v) is 3.06. The number of non-ortho nitro benzene ring substituents is 1. The van der Waals surface area contributed by atoms with E-state index in [0.29, 0.717) is 21.9 Å². The number of nitro benzene ring substituents is 1. The highest BCUT2D eigenvalue weighted by Crippen LogP contribution is 2.29. The number of rotatable bonds is 4. The van der Waals surface area contributed by atoms with E-state index < -0.39 is 22.7 Å². The third-order valence-electron chi connectivity index (χ3n) is 4.07. The van der Waals surface area contributed by atoms with Crippen molar-refractivity contribution in [1.29, 1.82) is 0 Å². The molecule has 0 aliphatic carbocycles. The van der Waals surface area contributed by atoms with Gasteiger partial charge in [-0.15, -0.1) is 0 Å². The van der Waals surface area contributed by atoms with Crippen LogP contribution in [0.2, 0.25) is 0 Å². The molecule has 2 aromatic rings. The van der Waals surface area contributed by atoms with E-state index in [9.17, 15) is 19.3 Å². The first kappa shape index (κ1) is 18.5. The van der Waals surface area contributed by atoms with Crippen LogP contribution in [0.4, 0.5) is 15.8 Å². The van der Waals surface area contributed by atoms with Crippen LogP contribution in [0.3, 0.4) is 0 Å². The second-order valence-corrected chi connectivity index (χ2v) is 6.26. The number of carbonyl (C=O) groups is 1. The van der Waals surface area contributed by atoms with Crippen molar-refractivity contribution in [1.82, 2.24) is 10.6 Å². The van der Waals surface area contributed by atoms with Crippen LogP contribution in [-0.2, 0) is 4.79 Å². The lowest BCUT2D eigenvalue weighted by atomic mass is 9.94. The second-order valence-electron chi connectivity index (χ2n) is 5.85. The number of nitrogens with one attached hydrogen (secondary N) is 3. The van der Waals surface area contributed by atoms with Crippen LogP contribution in [0.25, 0.3) is 0 Å². The third kappa shape index (κ3) is 3.93. The van der Waals surface area contributed by atoms with Crippen LogP contribution < -0.4 is 16.0 Å². The Kier molecular flexibility index (Phi) is 5.13. The van der Waals surface area contributed by atoms with Crippen LogP contribution in [0, 0.1) is 15.9 Å². The van der Waals surface area contributed by atoms with Gasteiger partial charge in [-0.3, -0.25) is 14.9 Å². The van der Waals surface area contributed by atoms with Crippen molar-refractivity contribution in [3.05, 3.63) is 81.3 Å². The number of halogens is 1. The molecule has 9 heteroatoms. The summed E-state index contributed by atoms with van der Waals surface area (Å²) in [5.41, 5.74) is 1.42. The largest absolute Gasteiger partial charge is 0.351 e. The monoisotopic (exact) mass is 386 g/mol. The van der Waals surface area contributed by atoms with Crippen LogP contribution in [0.15, 0.2) is 59.8 Å². The first-order valence-electron chi connectivity index (χ1n) is 7.95. The average molecular weight is 386 g/mol. The first-order valence-corrected chi connectivity index (χ1v) is 8.36. The van der Waals surface area contributed by atoms with Gasteiger partial charge in [-0.05, 0) is 49.0 Å². The topological polar surface area (TPSA) is 96.3 Å². The maximum Gasteiger partial charge on any atom is 0.269 e. The molecule has 1 atom stereocenters. The molecule has 0 aromatic heterocycles. The number of nitrogens with zero attached hydrogens (tertiary/aromatic N) is 1. The van der Waals surface area contributed by atoms with Gasteiger partial charge in [-0.25, -0.2) is 4.39 Å². The minimum atomic E-state index is -0.633. The number of hydrogen-bond donors (Lipinski definition) is 3.